The van der Waals surface area contributed by atoms with Crippen molar-refractivity contribution >= 4 is 23.4 Å². The molecule has 3 rings (SSSR count). The van der Waals surface area contributed by atoms with Gasteiger partial charge in [0.1, 0.15) is 0 Å². The largest absolute Gasteiger partial charge is 0.399 e. The number of anilines is 2. The maximum atomic E-state index is 12.7. The van der Waals surface area contributed by atoms with E-state index in [1.165, 1.54) is 0 Å². The summed E-state index contributed by atoms with van der Waals surface area (Å²) in [5.41, 5.74) is 9.04. The van der Waals surface area contributed by atoms with Crippen LogP contribution in [0.3, 0.4) is 0 Å². The number of nitrogen functional groups attached to an aromatic ring is 1. The molecule has 1 aliphatic heterocycles. The highest BCUT2D eigenvalue weighted by Gasteiger charge is 2.20. The van der Waals surface area contributed by atoms with Gasteiger partial charge in [-0.25, -0.2) is 0 Å². The van der Waals surface area contributed by atoms with Crippen LogP contribution >= 0.6 is 0 Å². The van der Waals surface area contributed by atoms with Gasteiger partial charge >= 0.3 is 0 Å². The second-order valence-electron chi connectivity index (χ2n) is 4.83. The average molecular weight is 294 g/mol. The Morgan fingerprint density at radius 2 is 1.73 bits per heavy atom. The number of nitrogens with zero attached hydrogens (tertiary/aromatic N) is 1. The van der Waals surface area contributed by atoms with Crippen LogP contribution in [0.25, 0.3) is 6.08 Å². The molecule has 0 fully saturated rings. The van der Waals surface area contributed by atoms with Gasteiger partial charge in [-0.15, -0.1) is 0 Å². The van der Waals surface area contributed by atoms with Crippen molar-refractivity contribution in [3.8, 4) is 0 Å². The van der Waals surface area contributed by atoms with Gasteiger partial charge in [-0.1, -0.05) is 44.2 Å². The fourth-order valence-corrected chi connectivity index (χ4v) is 2.40. The van der Waals surface area contributed by atoms with Crippen molar-refractivity contribution in [2.75, 3.05) is 17.2 Å². The van der Waals surface area contributed by atoms with E-state index in [1.807, 2.05) is 43.0 Å². The van der Waals surface area contributed by atoms with Crippen molar-refractivity contribution in [3.05, 3.63) is 65.7 Å². The lowest BCUT2D eigenvalue weighted by Gasteiger charge is -2.23. The first-order chi connectivity index (χ1) is 10.8. The van der Waals surface area contributed by atoms with Crippen molar-refractivity contribution in [2.24, 2.45) is 0 Å². The minimum absolute atomic E-state index is 0.0150. The zero-order valence-corrected chi connectivity index (χ0v) is 13.1. The van der Waals surface area contributed by atoms with E-state index in [1.54, 1.807) is 24.3 Å². The topological polar surface area (TPSA) is 46.3 Å². The van der Waals surface area contributed by atoms with Gasteiger partial charge in [0.2, 0.25) is 0 Å². The van der Waals surface area contributed by atoms with Gasteiger partial charge in [-0.3, -0.25) is 4.79 Å². The number of rotatable bonds is 1. The molecule has 0 spiro atoms. The lowest BCUT2D eigenvalue weighted by Crippen LogP contribution is -2.31. The molecule has 2 N–H and O–H groups in total. The van der Waals surface area contributed by atoms with Gasteiger partial charge in [0.15, 0.2) is 0 Å². The maximum absolute atomic E-state index is 12.7. The fourth-order valence-electron chi connectivity index (χ4n) is 2.40. The normalized spacial score (nSPS) is 12.7. The molecule has 0 saturated carbocycles. The number of hydrogen-bond donors (Lipinski definition) is 1. The maximum Gasteiger partial charge on any atom is 0.258 e. The van der Waals surface area contributed by atoms with Crippen molar-refractivity contribution < 1.29 is 4.79 Å². The Morgan fingerprint density at radius 1 is 1.05 bits per heavy atom. The number of amides is 1. The third kappa shape index (κ3) is 3.37. The summed E-state index contributed by atoms with van der Waals surface area (Å²) in [6, 6.07) is 15.0. The molecule has 0 unspecified atom stereocenters. The molecule has 0 radical (unpaired) electrons. The molecule has 1 amide bonds. The molecule has 22 heavy (non-hydrogen) atoms. The highest BCUT2D eigenvalue weighted by Crippen LogP contribution is 2.26. The standard InChI is InChI=1S/C17H16N2O.C2H6/c18-15-10-8-14(9-11-15)17(20)19-12-4-3-6-13-5-1-2-7-16(13)19;1-2/h1-3,5-11H,4,12,18H2;1-2H3. The Morgan fingerprint density at radius 3 is 2.45 bits per heavy atom. The third-order valence-corrected chi connectivity index (χ3v) is 3.45. The number of carbonyl (C=O) groups is 1. The summed E-state index contributed by atoms with van der Waals surface area (Å²) >= 11 is 0. The molecule has 1 aliphatic rings. The van der Waals surface area contributed by atoms with Crippen LogP contribution in [0.2, 0.25) is 0 Å². The van der Waals surface area contributed by atoms with Crippen molar-refractivity contribution in [1.29, 1.82) is 0 Å². The SMILES string of the molecule is CC.Nc1ccc(C(=O)N2CCC=Cc3ccccc32)cc1. The predicted octanol–water partition coefficient (Wildman–Crippen LogP) is 4.36. The second kappa shape index (κ2) is 7.46. The van der Waals surface area contributed by atoms with Crippen LogP contribution in [-0.2, 0) is 0 Å². The Bertz CT molecular complexity index is 659. The van der Waals surface area contributed by atoms with Gasteiger partial charge in [-0.2, -0.15) is 0 Å². The third-order valence-electron chi connectivity index (χ3n) is 3.45. The van der Waals surface area contributed by atoms with Gasteiger partial charge in [-0.05, 0) is 42.3 Å². The van der Waals surface area contributed by atoms with E-state index < -0.39 is 0 Å². The molecule has 0 aromatic heterocycles. The van der Waals surface area contributed by atoms with E-state index in [9.17, 15) is 4.79 Å². The first kappa shape index (κ1) is 15.8. The zero-order valence-electron chi connectivity index (χ0n) is 13.1. The second-order valence-corrected chi connectivity index (χ2v) is 4.83. The Labute approximate surface area is 132 Å². The molecular formula is C19H22N2O. The van der Waals surface area contributed by atoms with Crippen molar-refractivity contribution in [1.82, 2.24) is 0 Å². The van der Waals surface area contributed by atoms with Gasteiger partial charge in [0, 0.05) is 17.8 Å². The average Bonchev–Trinajstić information content (AvgIpc) is 2.79. The van der Waals surface area contributed by atoms with Crippen molar-refractivity contribution in [3.63, 3.8) is 0 Å². The highest BCUT2D eigenvalue weighted by molar-refractivity contribution is 6.07. The number of hydrogen-bond acceptors (Lipinski definition) is 2. The molecule has 2 aromatic carbocycles. The number of carbonyl (C=O) groups excluding carboxylic acids is 1. The first-order valence-corrected chi connectivity index (χ1v) is 7.69. The van der Waals surface area contributed by atoms with E-state index in [2.05, 4.69) is 12.2 Å². The van der Waals surface area contributed by atoms with Gasteiger partial charge in [0.25, 0.3) is 5.91 Å². The van der Waals surface area contributed by atoms with Crippen LogP contribution in [0.15, 0.2) is 54.6 Å². The molecule has 2 aromatic rings. The molecule has 0 atom stereocenters. The zero-order chi connectivity index (χ0) is 15.9. The highest BCUT2D eigenvalue weighted by atomic mass is 16.2. The first-order valence-electron chi connectivity index (χ1n) is 7.69. The minimum atomic E-state index is 0.0150. The Balaban J connectivity index is 0.000000847. The molecular weight excluding hydrogens is 272 g/mol. The Hall–Kier alpha value is -2.55. The van der Waals surface area contributed by atoms with Crippen LogP contribution in [-0.4, -0.2) is 12.5 Å². The van der Waals surface area contributed by atoms with E-state index in [-0.39, 0.29) is 5.91 Å². The molecule has 0 bridgehead atoms. The smallest absolute Gasteiger partial charge is 0.258 e. The summed E-state index contributed by atoms with van der Waals surface area (Å²) < 4.78 is 0. The number of benzene rings is 2. The summed E-state index contributed by atoms with van der Waals surface area (Å²) in [4.78, 5) is 14.5. The summed E-state index contributed by atoms with van der Waals surface area (Å²) in [5.74, 6) is 0.0150. The van der Waals surface area contributed by atoms with E-state index in [0.29, 0.717) is 17.8 Å². The van der Waals surface area contributed by atoms with E-state index in [4.69, 9.17) is 5.73 Å². The van der Waals surface area contributed by atoms with E-state index in [0.717, 1.165) is 17.7 Å². The molecule has 3 heteroatoms. The monoisotopic (exact) mass is 294 g/mol. The number of para-hydroxylation sites is 1. The number of fused-ring (bicyclic) bond motifs is 1. The minimum Gasteiger partial charge on any atom is -0.399 e. The predicted molar refractivity (Wildman–Crippen MR) is 94.0 cm³/mol. The molecule has 1 heterocycles. The molecule has 0 saturated heterocycles. The van der Waals surface area contributed by atoms with Crippen LogP contribution in [0.4, 0.5) is 11.4 Å². The van der Waals surface area contributed by atoms with Crippen LogP contribution in [0.1, 0.15) is 36.2 Å². The van der Waals surface area contributed by atoms with Gasteiger partial charge in [0.05, 0.1) is 5.69 Å². The quantitative estimate of drug-likeness (QED) is 0.794. The summed E-state index contributed by atoms with van der Waals surface area (Å²) in [7, 11) is 0. The number of nitrogens with two attached hydrogens (primary N) is 1. The van der Waals surface area contributed by atoms with Crippen LogP contribution in [0.5, 0.6) is 0 Å². The molecule has 3 nitrogen and oxygen atoms in total. The van der Waals surface area contributed by atoms with Crippen LogP contribution in [0, 0.1) is 0 Å². The Kier molecular flexibility index (Phi) is 5.37. The molecule has 114 valence electrons. The fraction of sp³-hybridized carbons (Fsp3) is 0.211. The molecule has 0 aliphatic carbocycles. The summed E-state index contributed by atoms with van der Waals surface area (Å²) in [6.45, 7) is 4.69. The summed E-state index contributed by atoms with van der Waals surface area (Å²) in [6.07, 6.45) is 5.04. The lowest BCUT2D eigenvalue weighted by molar-refractivity contribution is 0.0987. The van der Waals surface area contributed by atoms with Gasteiger partial charge < -0.3 is 10.6 Å². The van der Waals surface area contributed by atoms with E-state index >= 15 is 0 Å². The summed E-state index contributed by atoms with van der Waals surface area (Å²) in [5, 5.41) is 0. The van der Waals surface area contributed by atoms with Crippen LogP contribution < -0.4 is 10.6 Å². The lowest BCUT2D eigenvalue weighted by atomic mass is 10.1. The van der Waals surface area contributed by atoms with Crippen molar-refractivity contribution in [2.45, 2.75) is 20.3 Å².